The summed E-state index contributed by atoms with van der Waals surface area (Å²) in [5, 5.41) is 1.95. The largest absolute Gasteiger partial charge is 0.416 e. The van der Waals surface area contributed by atoms with Crippen LogP contribution in [0.2, 0.25) is 5.15 Å². The van der Waals surface area contributed by atoms with Gasteiger partial charge in [-0.25, -0.2) is 26.5 Å². The first-order valence-corrected chi connectivity index (χ1v) is 18.9. The summed E-state index contributed by atoms with van der Waals surface area (Å²) < 4.78 is 82.7. The molecule has 4 aromatic heterocycles. The molecule has 0 radical (unpaired) electrons. The van der Waals surface area contributed by atoms with E-state index < -0.39 is 23.5 Å². The van der Waals surface area contributed by atoms with Crippen LogP contribution in [0.4, 0.5) is 32.2 Å². The van der Waals surface area contributed by atoms with Gasteiger partial charge in [0.25, 0.3) is 0 Å². The lowest BCUT2D eigenvalue weighted by Gasteiger charge is -2.29. The van der Waals surface area contributed by atoms with Gasteiger partial charge in [0, 0.05) is 28.8 Å². The highest BCUT2D eigenvalue weighted by Gasteiger charge is 2.34. The van der Waals surface area contributed by atoms with E-state index in [1.165, 1.54) is 18.2 Å². The van der Waals surface area contributed by atoms with Crippen LogP contribution in [0.3, 0.4) is 0 Å². The normalized spacial score (nSPS) is 15.0. The van der Waals surface area contributed by atoms with Crippen LogP contribution < -0.4 is 4.90 Å². The van der Waals surface area contributed by atoms with Crippen LogP contribution in [0.25, 0.3) is 38.3 Å². The molecule has 0 spiro atoms. The van der Waals surface area contributed by atoms with Crippen LogP contribution in [0.1, 0.15) is 69.3 Å². The number of anilines is 1. The van der Waals surface area contributed by atoms with Gasteiger partial charge in [0.05, 0.1) is 39.8 Å². The number of hydrogen-bond acceptors (Lipinski definition) is 5. The van der Waals surface area contributed by atoms with E-state index in [2.05, 4.69) is 40.6 Å². The average Bonchev–Trinajstić information content (AvgIpc) is 3.50. The molecule has 1 aliphatic heterocycles. The lowest BCUT2D eigenvalue weighted by atomic mass is 10.0. The number of aromatic nitrogens is 6. The zero-order valence-corrected chi connectivity index (χ0v) is 34.2. The predicted molar refractivity (Wildman–Crippen MR) is 210 cm³/mol. The fraction of sp³-hybridized carbons (Fsp3) is 0.375. The first kappa shape index (κ1) is 41.0. The Morgan fingerprint density at radius 1 is 0.750 bits per heavy atom. The second-order valence-electron chi connectivity index (χ2n) is 14.1. The second kappa shape index (κ2) is 15.0. The van der Waals surface area contributed by atoms with Gasteiger partial charge in [-0.05, 0) is 130 Å². The van der Waals surface area contributed by atoms with Gasteiger partial charge in [0.1, 0.15) is 28.3 Å². The van der Waals surface area contributed by atoms with Crippen LogP contribution in [0.15, 0.2) is 34.8 Å². The molecule has 0 aliphatic carbocycles. The Bertz CT molecular complexity index is 2540. The van der Waals surface area contributed by atoms with Crippen LogP contribution in [-0.2, 0) is 12.4 Å². The molecule has 2 aromatic carbocycles. The number of fused-ring (bicyclic) bond motifs is 2. The summed E-state index contributed by atoms with van der Waals surface area (Å²) in [7, 11) is 0. The van der Waals surface area contributed by atoms with Crippen molar-refractivity contribution < 1.29 is 26.3 Å². The molecule has 56 heavy (non-hydrogen) atoms. The SMILES string of the molecule is Cc1nc(Cl)c2c(C)c(C)n(-c3c(C)cc(C(F)(F)F)cc3C)c2n1.[C-]#[N+]C1CCCN(c2nc(C)nc3c2c(C)c(C)n3-c2ccc(C(F)(F)F)cc2Br)C1. The Hall–Kier alpha value is -4.68. The molecule has 5 heterocycles. The monoisotopic (exact) mass is 858 g/mol. The highest BCUT2D eigenvalue weighted by molar-refractivity contribution is 9.10. The van der Waals surface area contributed by atoms with E-state index in [9.17, 15) is 26.3 Å². The van der Waals surface area contributed by atoms with E-state index in [1.807, 2.05) is 43.8 Å². The highest BCUT2D eigenvalue weighted by Crippen LogP contribution is 2.40. The van der Waals surface area contributed by atoms with Gasteiger partial charge in [-0.3, -0.25) is 9.13 Å². The third-order valence-corrected chi connectivity index (χ3v) is 11.2. The fourth-order valence-corrected chi connectivity index (χ4v) is 8.36. The van der Waals surface area contributed by atoms with Gasteiger partial charge in [-0.2, -0.15) is 26.3 Å². The van der Waals surface area contributed by atoms with Crippen molar-refractivity contribution in [1.82, 2.24) is 29.1 Å². The first-order valence-electron chi connectivity index (χ1n) is 17.7. The summed E-state index contributed by atoms with van der Waals surface area (Å²) in [6.07, 6.45) is -6.99. The van der Waals surface area contributed by atoms with Gasteiger partial charge >= 0.3 is 12.4 Å². The number of halogens is 8. The molecule has 1 saturated heterocycles. The zero-order valence-electron chi connectivity index (χ0n) is 31.9. The van der Waals surface area contributed by atoms with Crippen LogP contribution >= 0.6 is 27.5 Å². The Morgan fingerprint density at radius 2 is 1.30 bits per heavy atom. The van der Waals surface area contributed by atoms with Crippen molar-refractivity contribution in [2.45, 2.75) is 86.6 Å². The lowest BCUT2D eigenvalue weighted by Crippen LogP contribution is -2.37. The number of piperidine rings is 1. The van der Waals surface area contributed by atoms with Gasteiger partial charge < -0.3 is 9.74 Å². The predicted octanol–water partition coefficient (Wildman–Crippen LogP) is 11.6. The Labute approximate surface area is 333 Å². The van der Waals surface area contributed by atoms with E-state index in [1.54, 1.807) is 20.8 Å². The number of rotatable bonds is 3. The first-order chi connectivity index (χ1) is 26.1. The number of alkyl halides is 6. The molecule has 0 bridgehead atoms. The van der Waals surface area contributed by atoms with Crippen molar-refractivity contribution in [2.24, 2.45) is 0 Å². The number of benzene rings is 2. The minimum Gasteiger partial charge on any atom is -0.348 e. The molecule has 294 valence electrons. The minimum absolute atomic E-state index is 0.0633. The molecule has 7 rings (SSSR count). The van der Waals surface area contributed by atoms with E-state index >= 15 is 0 Å². The Morgan fingerprint density at radius 3 is 1.88 bits per heavy atom. The summed E-state index contributed by atoms with van der Waals surface area (Å²) in [6, 6.07) is 5.91. The van der Waals surface area contributed by atoms with Crippen molar-refractivity contribution in [1.29, 1.82) is 0 Å². The standard InChI is InChI=1S/C22H21BrF3N5.C18H17ClF3N3/c1-12-13(2)31(18-8-7-15(10-17(18)23)22(24,25)26)21-19(12)20(28-14(3)29-21)30-9-5-6-16(11-30)27-4;1-8-6-13(18(20,21)22)7-9(2)15(8)25-11(4)10(3)14-16(19)23-12(5)24-17(14)25/h7-8,10,16H,5-6,9,11H2,1-3H3;6-7H,1-5H3. The summed E-state index contributed by atoms with van der Waals surface area (Å²) in [4.78, 5) is 23.9. The molecule has 1 unspecified atom stereocenters. The molecular weight excluding hydrogens is 822 g/mol. The number of hydrogen-bond donors (Lipinski definition) is 0. The molecule has 0 saturated carbocycles. The number of nitrogens with zero attached hydrogens (tertiary/aromatic N) is 8. The summed E-state index contributed by atoms with van der Waals surface area (Å²) >= 11 is 9.62. The third-order valence-electron chi connectivity index (χ3n) is 10.3. The maximum absolute atomic E-state index is 13.1. The van der Waals surface area contributed by atoms with E-state index in [4.69, 9.17) is 23.2 Å². The van der Waals surface area contributed by atoms with E-state index in [0.717, 1.165) is 70.6 Å². The molecule has 1 fully saturated rings. The molecule has 0 amide bonds. The van der Waals surface area contributed by atoms with E-state index in [0.29, 0.717) is 61.6 Å². The quantitative estimate of drug-likeness (QED) is 0.101. The topological polar surface area (TPSA) is 69.0 Å². The number of aryl methyl sites for hydroxylation is 6. The molecular formula is C40H38BrClF6N8. The minimum atomic E-state index is -4.41. The van der Waals surface area contributed by atoms with Gasteiger partial charge in [0.2, 0.25) is 6.04 Å². The van der Waals surface area contributed by atoms with Crippen molar-refractivity contribution in [3.63, 3.8) is 0 Å². The van der Waals surface area contributed by atoms with Crippen molar-refractivity contribution >= 4 is 55.4 Å². The summed E-state index contributed by atoms with van der Waals surface area (Å²) in [5.74, 6) is 1.88. The average molecular weight is 860 g/mol. The molecule has 1 atom stereocenters. The second-order valence-corrected chi connectivity index (χ2v) is 15.3. The fourth-order valence-electron chi connectivity index (χ4n) is 7.45. The molecule has 1 aliphatic rings. The molecule has 8 nitrogen and oxygen atoms in total. The smallest absolute Gasteiger partial charge is 0.348 e. The van der Waals surface area contributed by atoms with E-state index in [-0.39, 0.29) is 6.04 Å². The maximum Gasteiger partial charge on any atom is 0.416 e. The maximum atomic E-state index is 13.1. The molecule has 0 N–H and O–H groups in total. The van der Waals surface area contributed by atoms with Crippen LogP contribution in [-0.4, -0.2) is 48.2 Å². The summed E-state index contributed by atoms with van der Waals surface area (Å²) in [6.45, 7) is 23.4. The van der Waals surface area contributed by atoms with Crippen molar-refractivity contribution in [2.75, 3.05) is 18.0 Å². The van der Waals surface area contributed by atoms with Gasteiger partial charge in [-0.1, -0.05) is 11.6 Å². The van der Waals surface area contributed by atoms with Crippen LogP contribution in [0, 0.1) is 62.0 Å². The molecule has 16 heteroatoms. The van der Waals surface area contributed by atoms with Gasteiger partial charge in [0.15, 0.2) is 5.65 Å². The van der Waals surface area contributed by atoms with Gasteiger partial charge in [-0.15, -0.1) is 0 Å². The zero-order chi connectivity index (χ0) is 41.2. The van der Waals surface area contributed by atoms with Crippen molar-refractivity contribution in [3.8, 4) is 11.4 Å². The van der Waals surface area contributed by atoms with Crippen molar-refractivity contribution in [3.05, 3.63) is 108 Å². The van der Waals surface area contributed by atoms with Crippen LogP contribution in [0.5, 0.6) is 0 Å². The highest BCUT2D eigenvalue weighted by atomic mass is 79.9. The third kappa shape index (κ3) is 7.45. The molecule has 6 aromatic rings. The summed E-state index contributed by atoms with van der Waals surface area (Å²) in [5.41, 5.74) is 5.89. The Balaban J connectivity index is 0.000000194. The lowest BCUT2D eigenvalue weighted by molar-refractivity contribution is -0.138. The Kier molecular flexibility index (Phi) is 11.0.